The maximum Gasteiger partial charge on any atom is 0.312 e. The van der Waals surface area contributed by atoms with Crippen LogP contribution in [-0.4, -0.2) is 10.2 Å². The molecule has 0 atom stereocenters. The van der Waals surface area contributed by atoms with Crippen molar-refractivity contribution in [2.45, 2.75) is 6.42 Å². The largest absolute Gasteiger partial charge is 0.412 e. The number of halogens is 2. The molecular formula is C9H6ClFN2O. The van der Waals surface area contributed by atoms with Crippen LogP contribution in [0.4, 0.5) is 4.39 Å². The highest BCUT2D eigenvalue weighted by Crippen LogP contribution is 2.11. The van der Waals surface area contributed by atoms with Gasteiger partial charge in [0.1, 0.15) is 5.82 Å². The Bertz CT molecular complexity index is 444. The number of rotatable bonds is 2. The smallest absolute Gasteiger partial charge is 0.312 e. The molecule has 0 spiro atoms. The van der Waals surface area contributed by atoms with Crippen molar-refractivity contribution in [1.82, 2.24) is 10.2 Å². The van der Waals surface area contributed by atoms with Gasteiger partial charge in [0.2, 0.25) is 5.89 Å². The molecule has 0 amide bonds. The van der Waals surface area contributed by atoms with Crippen LogP contribution in [0, 0.1) is 5.82 Å². The standard InChI is InChI=1S/C9H6ClFN2O/c10-9-13-12-8(14-9)5-6-2-1-3-7(11)4-6/h1-4H,5H2. The van der Waals surface area contributed by atoms with Gasteiger partial charge in [0.15, 0.2) is 0 Å². The Balaban J connectivity index is 2.18. The van der Waals surface area contributed by atoms with Crippen molar-refractivity contribution in [3.05, 3.63) is 46.9 Å². The fourth-order valence-corrected chi connectivity index (χ4v) is 1.25. The molecule has 0 bridgehead atoms. The third-order valence-corrected chi connectivity index (χ3v) is 1.84. The molecule has 1 aromatic carbocycles. The van der Waals surface area contributed by atoms with E-state index in [1.54, 1.807) is 12.1 Å². The van der Waals surface area contributed by atoms with E-state index in [0.717, 1.165) is 5.56 Å². The first kappa shape index (κ1) is 9.15. The normalized spacial score (nSPS) is 10.4. The number of nitrogens with zero attached hydrogens (tertiary/aromatic N) is 2. The molecule has 5 heteroatoms. The van der Waals surface area contributed by atoms with Gasteiger partial charge in [0.05, 0.1) is 6.42 Å². The van der Waals surface area contributed by atoms with Crippen molar-refractivity contribution in [2.24, 2.45) is 0 Å². The molecule has 3 nitrogen and oxygen atoms in total. The molecule has 0 N–H and O–H groups in total. The van der Waals surface area contributed by atoms with E-state index in [9.17, 15) is 4.39 Å². The van der Waals surface area contributed by atoms with E-state index in [0.29, 0.717) is 12.3 Å². The Hall–Kier alpha value is -1.42. The van der Waals surface area contributed by atoms with Gasteiger partial charge in [0, 0.05) is 0 Å². The molecule has 14 heavy (non-hydrogen) atoms. The lowest BCUT2D eigenvalue weighted by atomic mass is 10.1. The molecule has 1 aromatic heterocycles. The molecule has 1 heterocycles. The first-order valence-electron chi connectivity index (χ1n) is 3.96. The summed E-state index contributed by atoms with van der Waals surface area (Å²) in [4.78, 5) is 0. The maximum atomic E-state index is 12.8. The molecule has 0 aliphatic heterocycles. The predicted molar refractivity (Wildman–Crippen MR) is 48.5 cm³/mol. The van der Waals surface area contributed by atoms with Crippen LogP contribution in [0.3, 0.4) is 0 Å². The van der Waals surface area contributed by atoms with Gasteiger partial charge < -0.3 is 4.42 Å². The van der Waals surface area contributed by atoms with E-state index < -0.39 is 0 Å². The lowest BCUT2D eigenvalue weighted by Crippen LogP contribution is -1.89. The fourth-order valence-electron chi connectivity index (χ4n) is 1.13. The molecule has 0 saturated heterocycles. The Morgan fingerprint density at radius 2 is 2.21 bits per heavy atom. The second-order valence-electron chi connectivity index (χ2n) is 2.76. The highest BCUT2D eigenvalue weighted by molar-refractivity contribution is 6.27. The summed E-state index contributed by atoms with van der Waals surface area (Å²) in [6, 6.07) is 6.20. The summed E-state index contributed by atoms with van der Waals surface area (Å²) in [6.07, 6.45) is 0.386. The lowest BCUT2D eigenvalue weighted by molar-refractivity contribution is 0.506. The quantitative estimate of drug-likeness (QED) is 0.768. The van der Waals surface area contributed by atoms with E-state index in [1.807, 2.05) is 0 Å². The van der Waals surface area contributed by atoms with Crippen molar-refractivity contribution in [2.75, 3.05) is 0 Å². The molecule has 0 aliphatic carbocycles. The van der Waals surface area contributed by atoms with Crippen molar-refractivity contribution in [3.63, 3.8) is 0 Å². The summed E-state index contributed by atoms with van der Waals surface area (Å²) in [5.74, 6) is 0.0914. The Morgan fingerprint density at radius 1 is 1.36 bits per heavy atom. The van der Waals surface area contributed by atoms with Crippen molar-refractivity contribution < 1.29 is 8.81 Å². The molecule has 2 rings (SSSR count). The van der Waals surface area contributed by atoms with Crippen LogP contribution in [-0.2, 0) is 6.42 Å². The van der Waals surface area contributed by atoms with E-state index in [-0.39, 0.29) is 11.2 Å². The number of aromatic nitrogens is 2. The van der Waals surface area contributed by atoms with Crippen LogP contribution in [0.15, 0.2) is 28.7 Å². The minimum absolute atomic E-state index is 0.00333. The highest BCUT2D eigenvalue weighted by atomic mass is 35.5. The van der Waals surface area contributed by atoms with Gasteiger partial charge in [-0.3, -0.25) is 0 Å². The monoisotopic (exact) mass is 212 g/mol. The molecular weight excluding hydrogens is 207 g/mol. The molecule has 0 fully saturated rings. The molecule has 72 valence electrons. The summed E-state index contributed by atoms with van der Waals surface area (Å²) in [7, 11) is 0. The van der Waals surface area contributed by atoms with Crippen LogP contribution >= 0.6 is 11.6 Å². The van der Waals surface area contributed by atoms with E-state index in [1.165, 1.54) is 12.1 Å². The second-order valence-corrected chi connectivity index (χ2v) is 3.08. The zero-order valence-electron chi connectivity index (χ0n) is 7.08. The van der Waals surface area contributed by atoms with Crippen molar-refractivity contribution >= 4 is 11.6 Å². The number of benzene rings is 1. The Morgan fingerprint density at radius 3 is 2.86 bits per heavy atom. The first-order chi connectivity index (χ1) is 6.74. The summed E-state index contributed by atoms with van der Waals surface area (Å²) in [6.45, 7) is 0. The molecule has 0 saturated carbocycles. The van der Waals surface area contributed by atoms with E-state index in [2.05, 4.69) is 10.2 Å². The van der Waals surface area contributed by atoms with Gasteiger partial charge in [0.25, 0.3) is 0 Å². The fraction of sp³-hybridized carbons (Fsp3) is 0.111. The zero-order chi connectivity index (χ0) is 9.97. The summed E-state index contributed by atoms with van der Waals surface area (Å²) in [5, 5.41) is 7.16. The van der Waals surface area contributed by atoms with Crippen LogP contribution in [0.2, 0.25) is 5.35 Å². The van der Waals surface area contributed by atoms with Gasteiger partial charge in [-0.1, -0.05) is 17.2 Å². The van der Waals surface area contributed by atoms with Gasteiger partial charge >= 0.3 is 5.35 Å². The van der Waals surface area contributed by atoms with Gasteiger partial charge in [-0.2, -0.15) is 0 Å². The van der Waals surface area contributed by atoms with Crippen LogP contribution < -0.4 is 0 Å². The number of hydrogen-bond acceptors (Lipinski definition) is 3. The zero-order valence-corrected chi connectivity index (χ0v) is 7.83. The van der Waals surface area contributed by atoms with E-state index >= 15 is 0 Å². The molecule has 0 unspecified atom stereocenters. The minimum atomic E-state index is -0.284. The van der Waals surface area contributed by atoms with Gasteiger partial charge in [-0.15, -0.1) is 5.10 Å². The third-order valence-electron chi connectivity index (χ3n) is 1.69. The average molecular weight is 213 g/mol. The topological polar surface area (TPSA) is 38.9 Å². The van der Waals surface area contributed by atoms with Crippen LogP contribution in [0.1, 0.15) is 11.5 Å². The van der Waals surface area contributed by atoms with Gasteiger partial charge in [-0.05, 0) is 29.3 Å². The summed E-state index contributed by atoms with van der Waals surface area (Å²) >= 11 is 5.44. The second kappa shape index (κ2) is 3.75. The predicted octanol–water partition coefficient (Wildman–Crippen LogP) is 2.45. The third kappa shape index (κ3) is 2.09. The molecule has 0 radical (unpaired) electrons. The maximum absolute atomic E-state index is 12.8. The average Bonchev–Trinajstić information content (AvgIpc) is 2.51. The van der Waals surface area contributed by atoms with Crippen molar-refractivity contribution in [1.29, 1.82) is 0 Å². The number of hydrogen-bond donors (Lipinski definition) is 0. The Kier molecular flexibility index (Phi) is 2.45. The SMILES string of the molecule is Fc1cccc(Cc2nnc(Cl)o2)c1. The van der Waals surface area contributed by atoms with Crippen molar-refractivity contribution in [3.8, 4) is 0 Å². The molecule has 2 aromatic rings. The summed E-state index contributed by atoms with van der Waals surface area (Å²) in [5.41, 5.74) is 0.769. The van der Waals surface area contributed by atoms with E-state index in [4.69, 9.17) is 16.0 Å². The van der Waals surface area contributed by atoms with Gasteiger partial charge in [-0.25, -0.2) is 4.39 Å². The highest BCUT2D eigenvalue weighted by Gasteiger charge is 2.04. The summed E-state index contributed by atoms with van der Waals surface area (Å²) < 4.78 is 17.7. The van der Waals surface area contributed by atoms with Crippen LogP contribution in [0.5, 0.6) is 0 Å². The lowest BCUT2D eigenvalue weighted by Gasteiger charge is -1.95. The first-order valence-corrected chi connectivity index (χ1v) is 4.34. The van der Waals surface area contributed by atoms with Crippen LogP contribution in [0.25, 0.3) is 0 Å². The Labute approximate surface area is 84.5 Å². The molecule has 0 aliphatic rings. The minimum Gasteiger partial charge on any atom is -0.412 e.